The average molecular weight is 334 g/mol. The molecule has 2 heterocycles. The maximum Gasteiger partial charge on any atom is 0.254 e. The van der Waals surface area contributed by atoms with Crippen molar-refractivity contribution in [3.63, 3.8) is 0 Å². The highest BCUT2D eigenvalue weighted by Gasteiger charge is 2.34. The lowest BCUT2D eigenvalue weighted by Gasteiger charge is -2.22. The van der Waals surface area contributed by atoms with E-state index in [1.165, 1.54) is 16.8 Å². The summed E-state index contributed by atoms with van der Waals surface area (Å²) in [7, 11) is 1.58. The van der Waals surface area contributed by atoms with Crippen LogP contribution in [-0.2, 0) is 14.4 Å². The third-order valence-electron chi connectivity index (χ3n) is 3.29. The number of carbonyl (C=O) groups excluding carboxylic acids is 3. The van der Waals surface area contributed by atoms with Gasteiger partial charge < -0.3 is 4.74 Å². The van der Waals surface area contributed by atoms with E-state index in [2.05, 4.69) is 15.7 Å². The van der Waals surface area contributed by atoms with Gasteiger partial charge in [0.15, 0.2) is 0 Å². The van der Waals surface area contributed by atoms with Crippen LogP contribution in [0.2, 0.25) is 0 Å². The van der Waals surface area contributed by atoms with Crippen LogP contribution in [0.4, 0.5) is 0 Å². The number of nitrogens with one attached hydrogen (secondary N) is 2. The van der Waals surface area contributed by atoms with Crippen LogP contribution in [0, 0.1) is 0 Å². The molecule has 23 heavy (non-hydrogen) atoms. The van der Waals surface area contributed by atoms with Gasteiger partial charge in [-0.15, -0.1) is 16.9 Å². The van der Waals surface area contributed by atoms with Crippen molar-refractivity contribution in [1.29, 1.82) is 0 Å². The van der Waals surface area contributed by atoms with E-state index in [4.69, 9.17) is 4.74 Å². The van der Waals surface area contributed by atoms with Crippen LogP contribution in [-0.4, -0.2) is 41.6 Å². The quantitative estimate of drug-likeness (QED) is 0.768. The average Bonchev–Trinajstić information content (AvgIpc) is 2.87. The number of ether oxygens (including phenoxy) is 1. The zero-order chi connectivity index (χ0) is 16.4. The number of nitrogens with zero attached hydrogens (tertiary/aromatic N) is 2. The minimum Gasteiger partial charge on any atom is -0.497 e. The van der Waals surface area contributed by atoms with Gasteiger partial charge in [0.25, 0.3) is 5.91 Å². The zero-order valence-electron chi connectivity index (χ0n) is 12.2. The highest BCUT2D eigenvalue weighted by atomic mass is 32.2. The predicted octanol–water partition coefficient (Wildman–Crippen LogP) is 0.176. The van der Waals surface area contributed by atoms with Crippen molar-refractivity contribution in [3.05, 3.63) is 29.8 Å². The van der Waals surface area contributed by atoms with Crippen molar-refractivity contribution in [2.24, 2.45) is 5.10 Å². The number of carbonyl (C=O) groups is 3. The molecular weight excluding hydrogens is 320 g/mol. The molecule has 120 valence electrons. The lowest BCUT2D eigenvalue weighted by molar-refractivity contribution is -0.131. The Morgan fingerprint density at radius 3 is 2.43 bits per heavy atom. The smallest absolute Gasteiger partial charge is 0.254 e. The molecule has 0 radical (unpaired) electrons. The topological polar surface area (TPSA) is 100 Å². The standard InChI is InChI=1S/C14H14N4O4S/c1-22-9-4-2-8(3-5-9)13-18(12(21)7-23-13)17-14-15-10(19)6-11(20)16-14/h2-5,13H,6-7H2,1H3,(H2,15,16,17,19,20). The Kier molecular flexibility index (Phi) is 4.20. The molecule has 0 aromatic heterocycles. The van der Waals surface area contributed by atoms with Crippen LogP contribution in [0.1, 0.15) is 17.4 Å². The lowest BCUT2D eigenvalue weighted by Crippen LogP contribution is -2.51. The van der Waals surface area contributed by atoms with Gasteiger partial charge in [0, 0.05) is 0 Å². The number of thioether (sulfide) groups is 1. The van der Waals surface area contributed by atoms with E-state index >= 15 is 0 Å². The molecule has 1 atom stereocenters. The van der Waals surface area contributed by atoms with Gasteiger partial charge in [-0.3, -0.25) is 25.0 Å². The number of hydrazone groups is 1. The van der Waals surface area contributed by atoms with Crippen molar-refractivity contribution in [3.8, 4) is 5.75 Å². The summed E-state index contributed by atoms with van der Waals surface area (Å²) in [5.41, 5.74) is 0.875. The number of methoxy groups -OCH3 is 1. The normalized spacial score (nSPS) is 21.1. The molecular formula is C14H14N4O4S. The Balaban J connectivity index is 1.84. The Morgan fingerprint density at radius 1 is 1.17 bits per heavy atom. The summed E-state index contributed by atoms with van der Waals surface area (Å²) >= 11 is 1.42. The van der Waals surface area contributed by atoms with Crippen LogP contribution in [0.15, 0.2) is 29.4 Å². The summed E-state index contributed by atoms with van der Waals surface area (Å²) in [6, 6.07) is 7.29. The number of guanidine groups is 1. The maximum atomic E-state index is 12.1. The van der Waals surface area contributed by atoms with Crippen LogP contribution in [0.25, 0.3) is 0 Å². The van der Waals surface area contributed by atoms with Gasteiger partial charge in [-0.2, -0.15) is 0 Å². The molecule has 2 fully saturated rings. The molecule has 0 saturated carbocycles. The van der Waals surface area contributed by atoms with Crippen LogP contribution < -0.4 is 15.4 Å². The molecule has 1 unspecified atom stereocenters. The number of hydrogen-bond donors (Lipinski definition) is 2. The summed E-state index contributed by atoms with van der Waals surface area (Å²) in [4.78, 5) is 34.8. The van der Waals surface area contributed by atoms with Crippen LogP contribution in [0.5, 0.6) is 5.75 Å². The Morgan fingerprint density at radius 2 is 1.83 bits per heavy atom. The molecule has 0 aliphatic carbocycles. The lowest BCUT2D eigenvalue weighted by atomic mass is 10.2. The van der Waals surface area contributed by atoms with Gasteiger partial charge in [-0.05, 0) is 17.7 Å². The largest absolute Gasteiger partial charge is 0.497 e. The first kappa shape index (κ1) is 15.3. The van der Waals surface area contributed by atoms with Gasteiger partial charge in [0.05, 0.1) is 12.9 Å². The minimum atomic E-state index is -0.451. The fourth-order valence-corrected chi connectivity index (χ4v) is 3.31. The Bertz CT molecular complexity index is 671. The van der Waals surface area contributed by atoms with E-state index in [1.807, 2.05) is 12.1 Å². The molecule has 8 nitrogen and oxygen atoms in total. The summed E-state index contributed by atoms with van der Waals surface area (Å²) in [6.07, 6.45) is -0.246. The number of benzene rings is 1. The van der Waals surface area contributed by atoms with E-state index in [0.717, 1.165) is 5.56 Å². The van der Waals surface area contributed by atoms with Crippen LogP contribution in [0.3, 0.4) is 0 Å². The molecule has 2 N–H and O–H groups in total. The van der Waals surface area contributed by atoms with E-state index in [0.29, 0.717) is 5.75 Å². The van der Waals surface area contributed by atoms with Gasteiger partial charge in [0.1, 0.15) is 17.5 Å². The highest BCUT2D eigenvalue weighted by molar-refractivity contribution is 8.00. The Hall–Kier alpha value is -2.55. The van der Waals surface area contributed by atoms with E-state index < -0.39 is 11.8 Å². The fraction of sp³-hybridized carbons (Fsp3) is 0.286. The molecule has 1 aromatic carbocycles. The molecule has 0 bridgehead atoms. The summed E-state index contributed by atoms with van der Waals surface area (Å²) in [5, 5.41) is 9.93. The molecule has 2 aliphatic heterocycles. The molecule has 9 heteroatoms. The van der Waals surface area contributed by atoms with Crippen molar-refractivity contribution >= 4 is 35.4 Å². The van der Waals surface area contributed by atoms with Crippen molar-refractivity contribution in [2.45, 2.75) is 11.8 Å². The first-order chi connectivity index (χ1) is 11.1. The Labute approximate surface area is 136 Å². The zero-order valence-corrected chi connectivity index (χ0v) is 13.1. The molecule has 2 aliphatic rings. The summed E-state index contributed by atoms with van der Waals surface area (Å²) < 4.78 is 5.12. The molecule has 2 saturated heterocycles. The van der Waals surface area contributed by atoms with E-state index in [-0.39, 0.29) is 29.4 Å². The number of hydrogen-bond acceptors (Lipinski definition) is 6. The van der Waals surface area contributed by atoms with Gasteiger partial charge >= 0.3 is 0 Å². The van der Waals surface area contributed by atoms with Gasteiger partial charge in [0.2, 0.25) is 17.8 Å². The van der Waals surface area contributed by atoms with Gasteiger partial charge in [-0.1, -0.05) is 12.1 Å². The first-order valence-electron chi connectivity index (χ1n) is 6.83. The van der Waals surface area contributed by atoms with Crippen molar-refractivity contribution in [1.82, 2.24) is 15.6 Å². The highest BCUT2D eigenvalue weighted by Crippen LogP contribution is 2.39. The fourth-order valence-electron chi connectivity index (χ4n) is 2.22. The SMILES string of the molecule is COc1ccc(C2SCC(=O)N2N=C2NC(=O)CC(=O)N2)cc1. The monoisotopic (exact) mass is 334 g/mol. The third kappa shape index (κ3) is 3.29. The molecule has 0 spiro atoms. The first-order valence-corrected chi connectivity index (χ1v) is 7.87. The molecule has 1 aromatic rings. The van der Waals surface area contributed by atoms with Crippen molar-refractivity contribution < 1.29 is 19.1 Å². The molecule has 3 amide bonds. The van der Waals surface area contributed by atoms with E-state index in [9.17, 15) is 14.4 Å². The number of rotatable bonds is 3. The summed E-state index contributed by atoms with van der Waals surface area (Å²) in [5.74, 6) is -0.138. The minimum absolute atomic E-state index is 0.0272. The second-order valence-electron chi connectivity index (χ2n) is 4.90. The molecule has 3 rings (SSSR count). The maximum absolute atomic E-state index is 12.1. The second kappa shape index (κ2) is 6.29. The third-order valence-corrected chi connectivity index (χ3v) is 4.49. The van der Waals surface area contributed by atoms with E-state index in [1.54, 1.807) is 19.2 Å². The number of amides is 3. The van der Waals surface area contributed by atoms with Crippen LogP contribution >= 0.6 is 11.8 Å². The predicted molar refractivity (Wildman–Crippen MR) is 83.4 cm³/mol. The van der Waals surface area contributed by atoms with Crippen molar-refractivity contribution in [2.75, 3.05) is 12.9 Å². The van der Waals surface area contributed by atoms with Gasteiger partial charge in [-0.25, -0.2) is 5.01 Å². The summed E-state index contributed by atoms with van der Waals surface area (Å²) in [6.45, 7) is 0. The second-order valence-corrected chi connectivity index (χ2v) is 5.97.